The average molecular weight is 271 g/mol. The fraction of sp³-hybridized carbons (Fsp3) is 0.933. The van der Waals surface area contributed by atoms with Gasteiger partial charge in [0, 0.05) is 19.8 Å². The van der Waals surface area contributed by atoms with E-state index in [0.717, 1.165) is 19.4 Å². The van der Waals surface area contributed by atoms with Crippen molar-refractivity contribution in [1.82, 2.24) is 0 Å². The van der Waals surface area contributed by atoms with Crippen molar-refractivity contribution in [3.05, 3.63) is 0 Å². The Kier molecular flexibility index (Phi) is 6.80. The predicted octanol–water partition coefficient (Wildman–Crippen LogP) is 2.36. The highest BCUT2D eigenvalue weighted by molar-refractivity contribution is 5.77. The van der Waals surface area contributed by atoms with Crippen LogP contribution in [0.15, 0.2) is 0 Å². The van der Waals surface area contributed by atoms with E-state index in [1.54, 1.807) is 0 Å². The fourth-order valence-corrected chi connectivity index (χ4v) is 2.34. The number of ether oxygens (including phenoxy) is 2. The van der Waals surface area contributed by atoms with Crippen molar-refractivity contribution in [2.75, 3.05) is 26.9 Å². The van der Waals surface area contributed by atoms with E-state index in [-0.39, 0.29) is 5.97 Å². The molecular weight excluding hydrogens is 242 g/mol. The van der Waals surface area contributed by atoms with Gasteiger partial charge in [-0.1, -0.05) is 26.7 Å². The molecule has 112 valence electrons. The number of nitrogens with two attached hydrogens (primary N) is 1. The molecule has 19 heavy (non-hydrogen) atoms. The van der Waals surface area contributed by atoms with Gasteiger partial charge in [0.1, 0.15) is 0 Å². The summed E-state index contributed by atoms with van der Waals surface area (Å²) >= 11 is 0. The highest BCUT2D eigenvalue weighted by Crippen LogP contribution is 2.42. The van der Waals surface area contributed by atoms with E-state index in [9.17, 15) is 4.79 Å². The molecule has 0 bridgehead atoms. The Hall–Kier alpha value is -0.610. The monoisotopic (exact) mass is 271 g/mol. The molecule has 1 fully saturated rings. The molecule has 1 rings (SSSR count). The van der Waals surface area contributed by atoms with E-state index in [2.05, 4.69) is 13.8 Å². The Labute approximate surface area is 117 Å². The number of hydrogen-bond donors (Lipinski definition) is 1. The largest absolute Gasteiger partial charge is 0.469 e. The molecule has 0 heterocycles. The number of methoxy groups -OCH3 is 1. The van der Waals surface area contributed by atoms with Crippen LogP contribution in [0.4, 0.5) is 0 Å². The van der Waals surface area contributed by atoms with E-state index in [1.807, 2.05) is 0 Å². The molecule has 1 atom stereocenters. The average Bonchev–Trinajstić information content (AvgIpc) is 3.19. The van der Waals surface area contributed by atoms with Crippen LogP contribution in [0.3, 0.4) is 0 Å². The Morgan fingerprint density at radius 1 is 1.37 bits per heavy atom. The van der Waals surface area contributed by atoms with Gasteiger partial charge in [0.15, 0.2) is 0 Å². The number of esters is 1. The van der Waals surface area contributed by atoms with Crippen LogP contribution in [0.1, 0.15) is 46.0 Å². The van der Waals surface area contributed by atoms with E-state index >= 15 is 0 Å². The second-order valence-corrected chi connectivity index (χ2v) is 6.17. The van der Waals surface area contributed by atoms with Crippen LogP contribution < -0.4 is 5.73 Å². The van der Waals surface area contributed by atoms with Crippen molar-refractivity contribution in [2.45, 2.75) is 46.0 Å². The molecule has 0 aromatic rings. The van der Waals surface area contributed by atoms with Crippen LogP contribution in [-0.2, 0) is 14.3 Å². The molecule has 0 saturated heterocycles. The lowest BCUT2D eigenvalue weighted by molar-refractivity contribution is -0.154. The number of carbonyl (C=O) groups is 1. The van der Waals surface area contributed by atoms with Gasteiger partial charge < -0.3 is 15.2 Å². The Bertz CT molecular complexity index is 277. The van der Waals surface area contributed by atoms with Gasteiger partial charge >= 0.3 is 5.97 Å². The third-order valence-corrected chi connectivity index (χ3v) is 3.95. The number of rotatable bonds is 10. The maximum absolute atomic E-state index is 12.0. The molecular formula is C15H29NO3. The minimum atomic E-state index is -0.534. The first-order chi connectivity index (χ1) is 9.04. The normalized spacial score (nSPS) is 18.4. The zero-order valence-corrected chi connectivity index (χ0v) is 12.6. The van der Waals surface area contributed by atoms with E-state index in [1.165, 1.54) is 20.0 Å². The van der Waals surface area contributed by atoms with Crippen molar-refractivity contribution in [2.24, 2.45) is 23.0 Å². The smallest absolute Gasteiger partial charge is 0.313 e. The highest BCUT2D eigenvalue weighted by Gasteiger charge is 2.42. The summed E-state index contributed by atoms with van der Waals surface area (Å²) in [5.74, 6) is 1.12. The molecule has 1 saturated carbocycles. The second-order valence-electron chi connectivity index (χ2n) is 6.17. The topological polar surface area (TPSA) is 61.5 Å². The molecule has 0 radical (unpaired) electrons. The first kappa shape index (κ1) is 16.4. The quantitative estimate of drug-likeness (QED) is 0.489. The summed E-state index contributed by atoms with van der Waals surface area (Å²) < 4.78 is 10.6. The standard InChI is InChI=1S/C15H29NO3/c1-12(2)6-8-19-9-7-15(11-16,14(17)18-3)10-13-4-5-13/h12-13H,4-11,16H2,1-3H3. The lowest BCUT2D eigenvalue weighted by atomic mass is 9.79. The van der Waals surface area contributed by atoms with Crippen LogP contribution >= 0.6 is 0 Å². The summed E-state index contributed by atoms with van der Waals surface area (Å²) in [4.78, 5) is 12.0. The maximum atomic E-state index is 12.0. The fourth-order valence-electron chi connectivity index (χ4n) is 2.34. The summed E-state index contributed by atoms with van der Waals surface area (Å²) in [6.45, 7) is 6.04. The van der Waals surface area contributed by atoms with Gasteiger partial charge in [0.25, 0.3) is 0 Å². The summed E-state index contributed by atoms with van der Waals surface area (Å²) in [6, 6.07) is 0. The molecule has 4 heteroatoms. The van der Waals surface area contributed by atoms with Gasteiger partial charge in [-0.15, -0.1) is 0 Å². The van der Waals surface area contributed by atoms with Crippen LogP contribution in [0.2, 0.25) is 0 Å². The van der Waals surface area contributed by atoms with Crippen LogP contribution in [0.25, 0.3) is 0 Å². The first-order valence-electron chi connectivity index (χ1n) is 7.40. The van der Waals surface area contributed by atoms with Gasteiger partial charge in [-0.25, -0.2) is 0 Å². The molecule has 4 nitrogen and oxygen atoms in total. The Balaban J connectivity index is 2.41. The molecule has 1 aliphatic carbocycles. The Morgan fingerprint density at radius 2 is 2.05 bits per heavy atom. The molecule has 0 aromatic carbocycles. The highest BCUT2D eigenvalue weighted by atomic mass is 16.5. The van der Waals surface area contributed by atoms with Crippen molar-refractivity contribution in [3.8, 4) is 0 Å². The van der Waals surface area contributed by atoms with Gasteiger partial charge in [0.2, 0.25) is 0 Å². The summed E-state index contributed by atoms with van der Waals surface area (Å²) in [6.07, 6.45) is 5.00. The second kappa shape index (κ2) is 7.85. The zero-order chi connectivity index (χ0) is 14.3. The predicted molar refractivity (Wildman–Crippen MR) is 75.7 cm³/mol. The summed E-state index contributed by atoms with van der Waals surface area (Å²) in [5.41, 5.74) is 5.33. The molecule has 2 N–H and O–H groups in total. The third-order valence-electron chi connectivity index (χ3n) is 3.95. The SMILES string of the molecule is COC(=O)C(CN)(CCOCCC(C)C)CC1CC1. The number of hydrogen-bond acceptors (Lipinski definition) is 4. The molecule has 1 aliphatic rings. The van der Waals surface area contributed by atoms with Crippen LogP contribution in [0, 0.1) is 17.3 Å². The van der Waals surface area contributed by atoms with Crippen molar-refractivity contribution in [1.29, 1.82) is 0 Å². The van der Waals surface area contributed by atoms with Crippen molar-refractivity contribution in [3.63, 3.8) is 0 Å². The molecule has 0 spiro atoms. The van der Waals surface area contributed by atoms with E-state index < -0.39 is 5.41 Å². The van der Waals surface area contributed by atoms with Gasteiger partial charge in [-0.2, -0.15) is 0 Å². The van der Waals surface area contributed by atoms with Gasteiger partial charge in [-0.3, -0.25) is 4.79 Å². The maximum Gasteiger partial charge on any atom is 0.313 e. The van der Waals surface area contributed by atoms with Crippen LogP contribution in [0.5, 0.6) is 0 Å². The lowest BCUT2D eigenvalue weighted by Gasteiger charge is -2.29. The molecule has 0 aliphatic heterocycles. The van der Waals surface area contributed by atoms with Crippen LogP contribution in [-0.4, -0.2) is 32.8 Å². The van der Waals surface area contributed by atoms with Crippen molar-refractivity contribution >= 4 is 5.97 Å². The summed E-state index contributed by atoms with van der Waals surface area (Å²) in [5, 5.41) is 0. The molecule has 0 aromatic heterocycles. The molecule has 0 amide bonds. The molecule has 1 unspecified atom stereocenters. The van der Waals surface area contributed by atoms with E-state index in [4.69, 9.17) is 15.2 Å². The first-order valence-corrected chi connectivity index (χ1v) is 7.40. The minimum absolute atomic E-state index is 0.172. The Morgan fingerprint density at radius 3 is 2.53 bits per heavy atom. The number of carbonyl (C=O) groups excluding carboxylic acids is 1. The zero-order valence-electron chi connectivity index (χ0n) is 12.6. The van der Waals surface area contributed by atoms with Gasteiger partial charge in [-0.05, 0) is 31.1 Å². The van der Waals surface area contributed by atoms with E-state index in [0.29, 0.717) is 31.4 Å². The third kappa shape index (κ3) is 5.49. The van der Waals surface area contributed by atoms with Gasteiger partial charge in [0.05, 0.1) is 12.5 Å². The summed E-state index contributed by atoms with van der Waals surface area (Å²) in [7, 11) is 1.44. The lowest BCUT2D eigenvalue weighted by Crippen LogP contribution is -2.41. The minimum Gasteiger partial charge on any atom is -0.469 e. The van der Waals surface area contributed by atoms with Crippen molar-refractivity contribution < 1.29 is 14.3 Å².